The second kappa shape index (κ2) is 49.8. The summed E-state index contributed by atoms with van der Waals surface area (Å²) in [5, 5.41) is 0. The molecule has 0 aliphatic carbocycles. The van der Waals surface area contributed by atoms with E-state index in [0.717, 1.165) is 116 Å². The van der Waals surface area contributed by atoms with Crippen LogP contribution in [-0.2, 0) is 28.6 Å². The van der Waals surface area contributed by atoms with Gasteiger partial charge < -0.3 is 14.2 Å². The van der Waals surface area contributed by atoms with Crippen LogP contribution in [0, 0.1) is 0 Å². The molecule has 0 spiro atoms. The van der Waals surface area contributed by atoms with E-state index in [0.29, 0.717) is 19.3 Å². The standard InChI is InChI=1S/C55H96O6/c1-4-7-10-13-16-19-22-25-27-30-32-35-38-41-44-47-53(56)59-50-52(61-55(58)49-46-43-40-37-34-29-24-21-18-15-12-9-6-3)51-60-54(57)48-45-42-39-36-33-31-28-26-23-20-17-14-11-8-5-2/h7,10,16,19,21,24-28,52H,4-6,8-9,11-15,17-18,20,22-23,29-51H2,1-3H3/b10-7-,19-16-,24-21-,27-25-,28-26-/t52-/m1/s1. The fraction of sp³-hybridized carbons (Fsp3) is 0.764. The van der Waals surface area contributed by atoms with Crippen LogP contribution in [0.25, 0.3) is 0 Å². The van der Waals surface area contributed by atoms with Crippen molar-refractivity contribution in [3.8, 4) is 0 Å². The minimum Gasteiger partial charge on any atom is -0.462 e. The van der Waals surface area contributed by atoms with Gasteiger partial charge in [0.05, 0.1) is 0 Å². The molecule has 0 N–H and O–H groups in total. The topological polar surface area (TPSA) is 78.9 Å². The lowest BCUT2D eigenvalue weighted by atomic mass is 10.1. The molecule has 61 heavy (non-hydrogen) atoms. The van der Waals surface area contributed by atoms with Crippen LogP contribution in [0.5, 0.6) is 0 Å². The minimum absolute atomic E-state index is 0.0872. The zero-order chi connectivity index (χ0) is 44.4. The van der Waals surface area contributed by atoms with Crippen LogP contribution < -0.4 is 0 Å². The molecule has 0 amide bonds. The number of esters is 3. The Morgan fingerprint density at radius 3 is 1.03 bits per heavy atom. The molecular formula is C55H96O6. The van der Waals surface area contributed by atoms with Crippen molar-refractivity contribution in [1.82, 2.24) is 0 Å². The number of carbonyl (C=O) groups is 3. The van der Waals surface area contributed by atoms with Crippen LogP contribution in [0.15, 0.2) is 60.8 Å². The van der Waals surface area contributed by atoms with E-state index in [1.165, 1.54) is 96.3 Å². The largest absolute Gasteiger partial charge is 0.462 e. The molecule has 0 saturated carbocycles. The summed E-state index contributed by atoms with van der Waals surface area (Å²) in [5.41, 5.74) is 0. The second-order valence-corrected chi connectivity index (χ2v) is 17.0. The molecule has 6 nitrogen and oxygen atoms in total. The van der Waals surface area contributed by atoms with E-state index in [2.05, 4.69) is 81.5 Å². The highest BCUT2D eigenvalue weighted by atomic mass is 16.6. The summed E-state index contributed by atoms with van der Waals surface area (Å²) in [5.74, 6) is -0.918. The summed E-state index contributed by atoms with van der Waals surface area (Å²) in [4.78, 5) is 38.0. The molecule has 0 aromatic carbocycles. The summed E-state index contributed by atoms with van der Waals surface area (Å²) in [6.07, 6.45) is 60.5. The van der Waals surface area contributed by atoms with E-state index in [1.54, 1.807) is 0 Å². The maximum absolute atomic E-state index is 12.8. The SMILES string of the molecule is CC/C=C\C/C=C\C/C=C\CCCCCCCC(=O)OC[C@H](COC(=O)CCCCCCC/C=C\CCCCCCCC)OC(=O)CCCCCCC/C=C\CCCCCC. The van der Waals surface area contributed by atoms with Gasteiger partial charge in [0, 0.05) is 19.3 Å². The predicted octanol–water partition coefficient (Wildman–Crippen LogP) is 16.9. The highest BCUT2D eigenvalue weighted by Crippen LogP contribution is 2.14. The Hall–Kier alpha value is -2.89. The highest BCUT2D eigenvalue weighted by Gasteiger charge is 2.19. The molecule has 0 rings (SSSR count). The molecule has 0 radical (unpaired) electrons. The molecule has 0 bridgehead atoms. The van der Waals surface area contributed by atoms with E-state index in [4.69, 9.17) is 14.2 Å². The first-order chi connectivity index (χ1) is 30.0. The van der Waals surface area contributed by atoms with Gasteiger partial charge in [0.15, 0.2) is 6.10 Å². The van der Waals surface area contributed by atoms with Crippen LogP contribution in [0.4, 0.5) is 0 Å². The Balaban J connectivity index is 4.42. The molecule has 0 aromatic rings. The molecule has 0 unspecified atom stereocenters. The lowest BCUT2D eigenvalue weighted by Crippen LogP contribution is -2.30. The van der Waals surface area contributed by atoms with Gasteiger partial charge in [0.1, 0.15) is 13.2 Å². The van der Waals surface area contributed by atoms with Gasteiger partial charge in [-0.2, -0.15) is 0 Å². The van der Waals surface area contributed by atoms with Crippen LogP contribution in [0.1, 0.15) is 252 Å². The Labute approximate surface area is 377 Å². The van der Waals surface area contributed by atoms with Crippen LogP contribution in [-0.4, -0.2) is 37.2 Å². The number of allylic oxidation sites excluding steroid dienone is 10. The molecule has 0 aromatic heterocycles. The van der Waals surface area contributed by atoms with Crippen LogP contribution >= 0.6 is 0 Å². The summed E-state index contributed by atoms with van der Waals surface area (Å²) < 4.78 is 16.8. The highest BCUT2D eigenvalue weighted by molar-refractivity contribution is 5.71. The number of carbonyl (C=O) groups excluding carboxylic acids is 3. The Morgan fingerprint density at radius 1 is 0.344 bits per heavy atom. The van der Waals surface area contributed by atoms with Crippen molar-refractivity contribution >= 4 is 17.9 Å². The molecule has 0 aliphatic rings. The summed E-state index contributed by atoms with van der Waals surface area (Å²) in [7, 11) is 0. The Kier molecular flexibility index (Phi) is 47.4. The third kappa shape index (κ3) is 48.0. The maximum Gasteiger partial charge on any atom is 0.306 e. The number of ether oxygens (including phenoxy) is 3. The fourth-order valence-electron chi connectivity index (χ4n) is 7.09. The molecular weight excluding hydrogens is 757 g/mol. The lowest BCUT2D eigenvalue weighted by Gasteiger charge is -2.18. The fourth-order valence-corrected chi connectivity index (χ4v) is 7.09. The summed E-state index contributed by atoms with van der Waals surface area (Å²) in [6.45, 7) is 6.48. The smallest absolute Gasteiger partial charge is 0.306 e. The first-order valence-electron chi connectivity index (χ1n) is 25.8. The summed E-state index contributed by atoms with van der Waals surface area (Å²) >= 11 is 0. The third-order valence-corrected chi connectivity index (χ3v) is 11.0. The van der Waals surface area contributed by atoms with Crippen molar-refractivity contribution in [3.05, 3.63) is 60.8 Å². The average Bonchev–Trinajstić information content (AvgIpc) is 3.26. The van der Waals surface area contributed by atoms with E-state index in [-0.39, 0.29) is 31.1 Å². The lowest BCUT2D eigenvalue weighted by molar-refractivity contribution is -0.167. The van der Waals surface area contributed by atoms with Gasteiger partial charge in [0.25, 0.3) is 0 Å². The van der Waals surface area contributed by atoms with Crippen molar-refractivity contribution in [3.63, 3.8) is 0 Å². The second-order valence-electron chi connectivity index (χ2n) is 17.0. The number of unbranched alkanes of at least 4 members (excludes halogenated alkanes) is 25. The van der Waals surface area contributed by atoms with Gasteiger partial charge in [-0.05, 0) is 103 Å². The van der Waals surface area contributed by atoms with Crippen LogP contribution in [0.3, 0.4) is 0 Å². The van der Waals surface area contributed by atoms with Gasteiger partial charge in [-0.3, -0.25) is 14.4 Å². The van der Waals surface area contributed by atoms with Crippen LogP contribution in [0.2, 0.25) is 0 Å². The molecule has 1 atom stereocenters. The first-order valence-corrected chi connectivity index (χ1v) is 25.8. The van der Waals surface area contributed by atoms with E-state index in [9.17, 15) is 14.4 Å². The molecule has 0 saturated heterocycles. The van der Waals surface area contributed by atoms with Crippen molar-refractivity contribution in [2.45, 2.75) is 258 Å². The van der Waals surface area contributed by atoms with Crippen molar-refractivity contribution in [2.24, 2.45) is 0 Å². The molecule has 6 heteroatoms. The van der Waals surface area contributed by atoms with E-state index >= 15 is 0 Å². The number of hydrogen-bond donors (Lipinski definition) is 0. The Morgan fingerprint density at radius 2 is 0.639 bits per heavy atom. The normalized spacial score (nSPS) is 12.5. The molecule has 0 fully saturated rings. The molecule has 352 valence electrons. The van der Waals surface area contributed by atoms with E-state index in [1.807, 2.05) is 0 Å². The minimum atomic E-state index is -0.787. The maximum atomic E-state index is 12.8. The van der Waals surface area contributed by atoms with Crippen molar-refractivity contribution in [2.75, 3.05) is 13.2 Å². The van der Waals surface area contributed by atoms with Gasteiger partial charge in [-0.25, -0.2) is 0 Å². The van der Waals surface area contributed by atoms with Gasteiger partial charge in [0.2, 0.25) is 0 Å². The number of rotatable bonds is 46. The van der Waals surface area contributed by atoms with Crippen molar-refractivity contribution in [1.29, 1.82) is 0 Å². The van der Waals surface area contributed by atoms with Crippen molar-refractivity contribution < 1.29 is 28.6 Å². The first kappa shape index (κ1) is 58.1. The molecule has 0 aliphatic heterocycles. The van der Waals surface area contributed by atoms with E-state index < -0.39 is 6.10 Å². The monoisotopic (exact) mass is 853 g/mol. The van der Waals surface area contributed by atoms with Gasteiger partial charge in [-0.1, -0.05) is 191 Å². The zero-order valence-electron chi connectivity index (χ0n) is 40.2. The van der Waals surface area contributed by atoms with Gasteiger partial charge in [-0.15, -0.1) is 0 Å². The quantitative estimate of drug-likeness (QED) is 0.0263. The summed E-state index contributed by atoms with van der Waals surface area (Å²) in [6, 6.07) is 0. The molecule has 0 heterocycles. The average molecular weight is 853 g/mol. The third-order valence-electron chi connectivity index (χ3n) is 11.0. The number of hydrogen-bond acceptors (Lipinski definition) is 6. The zero-order valence-corrected chi connectivity index (χ0v) is 40.2. The Bertz CT molecular complexity index is 1120. The predicted molar refractivity (Wildman–Crippen MR) is 261 cm³/mol. The van der Waals surface area contributed by atoms with Gasteiger partial charge >= 0.3 is 17.9 Å².